The summed E-state index contributed by atoms with van der Waals surface area (Å²) >= 11 is 0. The fraction of sp³-hybridized carbons (Fsp3) is 0.346. The summed E-state index contributed by atoms with van der Waals surface area (Å²) in [6, 6.07) is 7.35. The van der Waals surface area contributed by atoms with Crippen LogP contribution in [0.3, 0.4) is 0 Å². The first-order valence-electron chi connectivity index (χ1n) is 12.3. The number of carbonyl (C=O) groups is 1. The van der Waals surface area contributed by atoms with Gasteiger partial charge in [0.05, 0.1) is 22.7 Å². The second kappa shape index (κ2) is 9.13. The van der Waals surface area contributed by atoms with E-state index in [0.29, 0.717) is 35.4 Å². The fourth-order valence-electron chi connectivity index (χ4n) is 5.17. The van der Waals surface area contributed by atoms with Crippen LogP contribution in [0.2, 0.25) is 0 Å². The van der Waals surface area contributed by atoms with Gasteiger partial charge in [0.25, 0.3) is 0 Å². The number of nitrogens with one attached hydrogen (secondary N) is 2. The first kappa shape index (κ1) is 23.4. The summed E-state index contributed by atoms with van der Waals surface area (Å²) in [4.78, 5) is 26.5. The van der Waals surface area contributed by atoms with E-state index in [-0.39, 0.29) is 17.6 Å². The number of carbonyl (C=O) groups excluding carboxylic acids is 1. The highest BCUT2D eigenvalue weighted by molar-refractivity contribution is 6.06. The Morgan fingerprint density at radius 3 is 2.73 bits per heavy atom. The van der Waals surface area contributed by atoms with Crippen LogP contribution in [0.25, 0.3) is 11.0 Å². The standard InChI is InChI=1S/C26H24F3N7O/c27-26(28,29)16-7-8-20-18(12-16)21(24(37)32-20)22-19-14-36(17-5-1-2-6-17)35-23(19)34-25(33-22)31-11-9-15-4-3-10-30-13-15/h3-4,7-8,10,12-14,17,21H,1-2,5-6,9,11H2,(H,32,37)(H,31,34,35). The average molecular weight is 508 g/mol. The quantitative estimate of drug-likeness (QED) is 0.377. The van der Waals surface area contributed by atoms with Crippen LogP contribution in [0.5, 0.6) is 0 Å². The van der Waals surface area contributed by atoms with Crippen molar-refractivity contribution in [2.24, 2.45) is 0 Å². The maximum absolute atomic E-state index is 13.5. The maximum atomic E-state index is 13.5. The normalized spacial score (nSPS) is 17.8. The smallest absolute Gasteiger partial charge is 0.354 e. The Morgan fingerprint density at radius 1 is 1.14 bits per heavy atom. The molecule has 1 aromatic carbocycles. The second-order valence-corrected chi connectivity index (χ2v) is 9.48. The second-order valence-electron chi connectivity index (χ2n) is 9.48. The Kier molecular flexibility index (Phi) is 5.77. The van der Waals surface area contributed by atoms with Crippen LogP contribution in [-0.2, 0) is 17.4 Å². The largest absolute Gasteiger partial charge is 0.416 e. The molecule has 0 bridgehead atoms. The number of nitrogens with zero attached hydrogens (tertiary/aromatic N) is 5. The molecule has 4 aromatic rings. The van der Waals surface area contributed by atoms with E-state index in [1.165, 1.54) is 6.07 Å². The molecule has 2 N–H and O–H groups in total. The van der Waals surface area contributed by atoms with Crippen molar-refractivity contribution in [3.63, 3.8) is 0 Å². The zero-order valence-corrected chi connectivity index (χ0v) is 19.8. The minimum absolute atomic E-state index is 0.227. The molecule has 1 aliphatic heterocycles. The summed E-state index contributed by atoms with van der Waals surface area (Å²) in [6.45, 7) is 0.506. The highest BCUT2D eigenvalue weighted by Crippen LogP contribution is 2.42. The third kappa shape index (κ3) is 4.49. The van der Waals surface area contributed by atoms with Crippen molar-refractivity contribution in [2.45, 2.75) is 50.2 Å². The van der Waals surface area contributed by atoms with Gasteiger partial charge in [0.1, 0.15) is 5.92 Å². The minimum atomic E-state index is -4.53. The molecular weight excluding hydrogens is 483 g/mol. The Labute approximate surface area is 210 Å². The highest BCUT2D eigenvalue weighted by atomic mass is 19.4. The summed E-state index contributed by atoms with van der Waals surface area (Å²) in [5.41, 5.74) is 1.57. The fourth-order valence-corrected chi connectivity index (χ4v) is 5.17. The van der Waals surface area contributed by atoms with E-state index in [0.717, 1.165) is 43.4 Å². The van der Waals surface area contributed by atoms with Gasteiger partial charge in [0, 0.05) is 30.8 Å². The number of anilines is 2. The molecule has 6 rings (SSSR count). The van der Waals surface area contributed by atoms with Crippen LogP contribution >= 0.6 is 0 Å². The molecule has 1 unspecified atom stereocenters. The number of halogens is 3. The van der Waals surface area contributed by atoms with Gasteiger partial charge in [-0.1, -0.05) is 18.9 Å². The molecular formula is C26H24F3N7O. The number of amides is 1. The number of fused-ring (bicyclic) bond motifs is 2. The summed E-state index contributed by atoms with van der Waals surface area (Å²) in [5, 5.41) is 11.2. The molecule has 2 aliphatic rings. The number of benzene rings is 1. The monoisotopic (exact) mass is 507 g/mol. The van der Waals surface area contributed by atoms with Crippen molar-refractivity contribution in [1.29, 1.82) is 0 Å². The number of hydrogen-bond donors (Lipinski definition) is 2. The summed E-state index contributed by atoms with van der Waals surface area (Å²) < 4.78 is 42.4. The van der Waals surface area contributed by atoms with E-state index in [4.69, 9.17) is 5.10 Å². The molecule has 1 atom stereocenters. The molecule has 1 fully saturated rings. The lowest BCUT2D eigenvalue weighted by atomic mass is 9.93. The first-order chi connectivity index (χ1) is 17.9. The van der Waals surface area contributed by atoms with E-state index in [1.807, 2.05) is 23.0 Å². The van der Waals surface area contributed by atoms with E-state index >= 15 is 0 Å². The van der Waals surface area contributed by atoms with Crippen molar-refractivity contribution in [3.8, 4) is 0 Å². The molecule has 1 aliphatic carbocycles. The third-order valence-corrected chi connectivity index (χ3v) is 7.03. The first-order valence-corrected chi connectivity index (χ1v) is 12.3. The summed E-state index contributed by atoms with van der Waals surface area (Å²) in [6.07, 6.45) is 5.66. The number of aromatic nitrogens is 5. The molecule has 190 valence electrons. The van der Waals surface area contributed by atoms with Crippen LogP contribution in [0.4, 0.5) is 24.8 Å². The molecule has 37 heavy (non-hydrogen) atoms. The SMILES string of the molecule is O=C1Nc2ccc(C(F)(F)F)cc2C1c1nc(NCCc2cccnc2)nc2nn(C3CCCC3)cc12. The van der Waals surface area contributed by atoms with E-state index in [2.05, 4.69) is 25.6 Å². The Bertz CT molecular complexity index is 1460. The lowest BCUT2D eigenvalue weighted by Crippen LogP contribution is -2.17. The van der Waals surface area contributed by atoms with Gasteiger partial charge in [0.2, 0.25) is 11.9 Å². The topological polar surface area (TPSA) is 97.6 Å². The van der Waals surface area contributed by atoms with E-state index in [1.54, 1.807) is 12.4 Å². The molecule has 4 heterocycles. The minimum Gasteiger partial charge on any atom is -0.354 e. The molecule has 1 amide bonds. The van der Waals surface area contributed by atoms with Crippen molar-refractivity contribution in [3.05, 3.63) is 71.3 Å². The summed E-state index contributed by atoms with van der Waals surface area (Å²) in [7, 11) is 0. The van der Waals surface area contributed by atoms with Crippen molar-refractivity contribution in [2.75, 3.05) is 17.2 Å². The predicted octanol–water partition coefficient (Wildman–Crippen LogP) is 5.09. The number of hydrogen-bond acceptors (Lipinski definition) is 6. The van der Waals surface area contributed by atoms with Crippen LogP contribution in [0, 0.1) is 0 Å². The molecule has 8 nitrogen and oxygen atoms in total. The third-order valence-electron chi connectivity index (χ3n) is 7.03. The van der Waals surface area contributed by atoms with Gasteiger partial charge >= 0.3 is 6.18 Å². The maximum Gasteiger partial charge on any atom is 0.416 e. The molecule has 0 saturated heterocycles. The molecule has 1 saturated carbocycles. The number of rotatable bonds is 6. The Hall–Kier alpha value is -4.02. The van der Waals surface area contributed by atoms with Crippen molar-refractivity contribution in [1.82, 2.24) is 24.7 Å². The van der Waals surface area contributed by atoms with Crippen LogP contribution in [0.15, 0.2) is 48.9 Å². The predicted molar refractivity (Wildman–Crippen MR) is 131 cm³/mol. The van der Waals surface area contributed by atoms with Gasteiger partial charge < -0.3 is 10.6 Å². The zero-order valence-electron chi connectivity index (χ0n) is 19.8. The van der Waals surface area contributed by atoms with Crippen LogP contribution < -0.4 is 10.6 Å². The number of pyridine rings is 1. The zero-order chi connectivity index (χ0) is 25.6. The van der Waals surface area contributed by atoms with Crippen molar-refractivity contribution >= 4 is 28.6 Å². The summed E-state index contributed by atoms with van der Waals surface area (Å²) in [5.74, 6) is -1.16. The molecule has 0 spiro atoms. The Morgan fingerprint density at radius 2 is 1.97 bits per heavy atom. The van der Waals surface area contributed by atoms with Crippen LogP contribution in [0.1, 0.15) is 60.0 Å². The average Bonchev–Trinajstić information content (AvgIpc) is 3.61. The van der Waals surface area contributed by atoms with Crippen molar-refractivity contribution < 1.29 is 18.0 Å². The number of alkyl halides is 3. The highest BCUT2D eigenvalue weighted by Gasteiger charge is 2.39. The van der Waals surface area contributed by atoms with E-state index in [9.17, 15) is 18.0 Å². The van der Waals surface area contributed by atoms with Gasteiger partial charge in [-0.25, -0.2) is 4.98 Å². The lowest BCUT2D eigenvalue weighted by Gasteiger charge is -2.13. The van der Waals surface area contributed by atoms with E-state index < -0.39 is 23.6 Å². The van der Waals surface area contributed by atoms with Gasteiger partial charge in [-0.3, -0.25) is 14.5 Å². The molecule has 3 aromatic heterocycles. The van der Waals surface area contributed by atoms with Crippen LogP contribution in [-0.4, -0.2) is 37.2 Å². The van der Waals surface area contributed by atoms with Gasteiger partial charge in [0.15, 0.2) is 5.65 Å². The molecule has 0 radical (unpaired) electrons. The van der Waals surface area contributed by atoms with Gasteiger partial charge in [-0.2, -0.15) is 23.3 Å². The lowest BCUT2D eigenvalue weighted by molar-refractivity contribution is -0.137. The van der Waals surface area contributed by atoms with Gasteiger partial charge in [-0.15, -0.1) is 0 Å². The van der Waals surface area contributed by atoms with Gasteiger partial charge in [-0.05, 0) is 54.7 Å². The molecule has 11 heteroatoms. The Balaban J connectivity index is 1.41.